The van der Waals surface area contributed by atoms with Crippen LogP contribution >= 0.6 is 0 Å². The monoisotopic (exact) mass is 445 g/mol. The Kier molecular flexibility index (Phi) is 6.83. The van der Waals surface area contributed by atoms with E-state index in [1.165, 1.54) is 24.3 Å². The number of hydrogen-bond donors (Lipinski definition) is 2. The van der Waals surface area contributed by atoms with Crippen molar-refractivity contribution in [1.82, 2.24) is 4.72 Å². The molecule has 10 heteroatoms. The summed E-state index contributed by atoms with van der Waals surface area (Å²) >= 11 is 0. The molecule has 2 aromatic rings. The van der Waals surface area contributed by atoms with Gasteiger partial charge >= 0.3 is 12.1 Å². The van der Waals surface area contributed by atoms with Crippen molar-refractivity contribution in [2.75, 3.05) is 0 Å². The van der Waals surface area contributed by atoms with Crippen molar-refractivity contribution < 1.29 is 36.2 Å². The van der Waals surface area contributed by atoms with Gasteiger partial charge in [-0.25, -0.2) is 8.42 Å². The van der Waals surface area contributed by atoms with Gasteiger partial charge in [0.15, 0.2) is 0 Å². The van der Waals surface area contributed by atoms with Crippen LogP contribution in [0.4, 0.5) is 13.2 Å². The molecule has 0 saturated carbocycles. The minimum atomic E-state index is -4.72. The summed E-state index contributed by atoms with van der Waals surface area (Å²) in [7, 11) is -4.47. The zero-order chi connectivity index (χ0) is 22.7. The van der Waals surface area contributed by atoms with Crippen molar-refractivity contribution in [2.45, 2.75) is 49.9 Å². The zero-order valence-electron chi connectivity index (χ0n) is 16.5. The molecule has 0 amide bonds. The molecule has 0 unspecified atom stereocenters. The third kappa shape index (κ3) is 6.74. The molecular weight excluding hydrogens is 423 g/mol. The van der Waals surface area contributed by atoms with E-state index in [0.717, 1.165) is 18.2 Å². The Hall–Kier alpha value is -2.59. The number of phenolic OH excluding ortho intramolecular Hbond substituents is 1. The average Bonchev–Trinajstić information content (AvgIpc) is 2.61. The molecule has 30 heavy (non-hydrogen) atoms. The van der Waals surface area contributed by atoms with Crippen LogP contribution in [0.5, 0.6) is 5.75 Å². The third-order valence-electron chi connectivity index (χ3n) is 3.84. The fraction of sp³-hybridized carbons (Fsp3) is 0.350. The average molecular weight is 445 g/mol. The van der Waals surface area contributed by atoms with Gasteiger partial charge in [-0.2, -0.15) is 17.9 Å². The van der Waals surface area contributed by atoms with Gasteiger partial charge in [0.1, 0.15) is 17.4 Å². The number of aromatic hydroxyl groups is 1. The summed E-state index contributed by atoms with van der Waals surface area (Å²) in [6, 6.07) is 7.54. The summed E-state index contributed by atoms with van der Waals surface area (Å²) in [6.45, 7) is 4.80. The lowest BCUT2D eigenvalue weighted by molar-refractivity contribution is -0.156. The Labute approximate surface area is 172 Å². The van der Waals surface area contributed by atoms with E-state index < -0.39 is 44.3 Å². The van der Waals surface area contributed by atoms with Crippen molar-refractivity contribution in [3.05, 3.63) is 59.7 Å². The molecule has 0 bridgehead atoms. The number of esters is 1. The van der Waals surface area contributed by atoms with Crippen molar-refractivity contribution in [2.24, 2.45) is 0 Å². The van der Waals surface area contributed by atoms with Gasteiger partial charge < -0.3 is 9.84 Å². The first kappa shape index (κ1) is 23.7. The lowest BCUT2D eigenvalue weighted by atomic mass is 10.1. The van der Waals surface area contributed by atoms with Crippen LogP contribution in [-0.2, 0) is 32.2 Å². The molecule has 2 rings (SSSR count). The normalized spacial score (nSPS) is 13.7. The van der Waals surface area contributed by atoms with E-state index >= 15 is 0 Å². The summed E-state index contributed by atoms with van der Waals surface area (Å²) in [5.74, 6) is -0.900. The standard InChI is InChI=1S/C20H22F3NO5S/c1-19(2,3)29-18(26)17(11-13-7-9-15(25)10-8-13)24-30(27,28)16-6-4-5-14(12-16)20(21,22)23/h4-10,12,17,24-25H,11H2,1-3H3/t17-/m0/s1. The molecule has 0 aliphatic rings. The van der Waals surface area contributed by atoms with Gasteiger partial charge in [-0.05, 0) is 63.1 Å². The lowest BCUT2D eigenvalue weighted by Crippen LogP contribution is -2.45. The fourth-order valence-electron chi connectivity index (χ4n) is 2.51. The first-order valence-corrected chi connectivity index (χ1v) is 10.4. The molecule has 2 N–H and O–H groups in total. The second kappa shape index (κ2) is 8.65. The highest BCUT2D eigenvalue weighted by atomic mass is 32.2. The zero-order valence-corrected chi connectivity index (χ0v) is 17.3. The molecule has 0 aliphatic carbocycles. The molecule has 0 aliphatic heterocycles. The number of halogens is 3. The Morgan fingerprint density at radius 1 is 1.10 bits per heavy atom. The van der Waals surface area contributed by atoms with Gasteiger partial charge in [-0.15, -0.1) is 0 Å². The quantitative estimate of drug-likeness (QED) is 0.663. The maximum absolute atomic E-state index is 12.9. The first-order valence-electron chi connectivity index (χ1n) is 8.88. The Morgan fingerprint density at radius 3 is 2.23 bits per heavy atom. The first-order chi connectivity index (χ1) is 13.7. The molecule has 0 aromatic heterocycles. The molecule has 0 saturated heterocycles. The molecule has 0 spiro atoms. The molecule has 164 valence electrons. The number of phenols is 1. The highest BCUT2D eigenvalue weighted by molar-refractivity contribution is 7.89. The second-order valence-electron chi connectivity index (χ2n) is 7.60. The molecule has 0 fully saturated rings. The van der Waals surface area contributed by atoms with Crippen LogP contribution in [0, 0.1) is 0 Å². The van der Waals surface area contributed by atoms with Crippen LogP contribution in [-0.4, -0.2) is 31.1 Å². The number of benzene rings is 2. The second-order valence-corrected chi connectivity index (χ2v) is 9.32. The van der Waals surface area contributed by atoms with E-state index in [1.54, 1.807) is 20.8 Å². The maximum Gasteiger partial charge on any atom is 0.416 e. The summed E-state index contributed by atoms with van der Waals surface area (Å²) < 4.78 is 71.7. The highest BCUT2D eigenvalue weighted by Crippen LogP contribution is 2.30. The molecular formula is C20H22F3NO5S. The number of alkyl halides is 3. The van der Waals surface area contributed by atoms with E-state index in [-0.39, 0.29) is 12.2 Å². The summed E-state index contributed by atoms with van der Waals surface area (Å²) in [4.78, 5) is 12.0. The minimum Gasteiger partial charge on any atom is -0.508 e. The number of ether oxygens (including phenoxy) is 1. The molecule has 0 heterocycles. The van der Waals surface area contributed by atoms with E-state index in [0.29, 0.717) is 11.6 Å². The topological polar surface area (TPSA) is 92.7 Å². The summed E-state index contributed by atoms with van der Waals surface area (Å²) in [5.41, 5.74) is -1.53. The number of carbonyl (C=O) groups is 1. The molecule has 6 nitrogen and oxygen atoms in total. The Balaban J connectivity index is 2.36. The van der Waals surface area contributed by atoms with Crippen molar-refractivity contribution in [3.63, 3.8) is 0 Å². The minimum absolute atomic E-state index is 0.0166. The summed E-state index contributed by atoms with van der Waals surface area (Å²) in [5, 5.41) is 9.38. The van der Waals surface area contributed by atoms with Crippen LogP contribution in [0.2, 0.25) is 0 Å². The predicted molar refractivity (Wildman–Crippen MR) is 103 cm³/mol. The van der Waals surface area contributed by atoms with E-state index in [2.05, 4.69) is 4.72 Å². The van der Waals surface area contributed by atoms with E-state index in [1.807, 2.05) is 0 Å². The SMILES string of the molecule is CC(C)(C)OC(=O)[C@H](Cc1ccc(O)cc1)NS(=O)(=O)c1cccc(C(F)(F)F)c1. The van der Waals surface area contributed by atoms with Gasteiger partial charge in [0.2, 0.25) is 10.0 Å². The number of rotatable bonds is 6. The van der Waals surface area contributed by atoms with Gasteiger partial charge in [-0.3, -0.25) is 4.79 Å². The van der Waals surface area contributed by atoms with Crippen LogP contribution in [0.3, 0.4) is 0 Å². The van der Waals surface area contributed by atoms with Gasteiger partial charge in [0.05, 0.1) is 10.5 Å². The van der Waals surface area contributed by atoms with Crippen LogP contribution in [0.1, 0.15) is 31.9 Å². The Morgan fingerprint density at radius 2 is 1.70 bits per heavy atom. The molecule has 1 atom stereocenters. The smallest absolute Gasteiger partial charge is 0.416 e. The maximum atomic E-state index is 12.9. The predicted octanol–water partition coefficient (Wildman–Crippen LogP) is 3.64. The highest BCUT2D eigenvalue weighted by Gasteiger charge is 2.33. The number of carbonyl (C=O) groups excluding carboxylic acids is 1. The van der Waals surface area contributed by atoms with E-state index in [9.17, 15) is 31.5 Å². The van der Waals surface area contributed by atoms with Gasteiger partial charge in [0, 0.05) is 0 Å². The third-order valence-corrected chi connectivity index (χ3v) is 5.31. The number of nitrogens with one attached hydrogen (secondary N) is 1. The largest absolute Gasteiger partial charge is 0.508 e. The number of sulfonamides is 1. The van der Waals surface area contributed by atoms with Crippen LogP contribution in [0.25, 0.3) is 0 Å². The van der Waals surface area contributed by atoms with E-state index in [4.69, 9.17) is 4.74 Å². The van der Waals surface area contributed by atoms with Crippen LogP contribution < -0.4 is 4.72 Å². The van der Waals surface area contributed by atoms with Gasteiger partial charge in [0.25, 0.3) is 0 Å². The Bertz CT molecular complexity index is 996. The molecule has 0 radical (unpaired) electrons. The van der Waals surface area contributed by atoms with Crippen molar-refractivity contribution in [3.8, 4) is 5.75 Å². The fourth-order valence-corrected chi connectivity index (χ4v) is 3.74. The molecule has 2 aromatic carbocycles. The lowest BCUT2D eigenvalue weighted by Gasteiger charge is -2.24. The van der Waals surface area contributed by atoms with Crippen molar-refractivity contribution >= 4 is 16.0 Å². The summed E-state index contributed by atoms with van der Waals surface area (Å²) in [6.07, 6.45) is -4.85. The van der Waals surface area contributed by atoms with Gasteiger partial charge in [-0.1, -0.05) is 18.2 Å². The van der Waals surface area contributed by atoms with Crippen molar-refractivity contribution in [1.29, 1.82) is 0 Å². The van der Waals surface area contributed by atoms with Crippen LogP contribution in [0.15, 0.2) is 53.4 Å². The number of hydrogen-bond acceptors (Lipinski definition) is 5.